The lowest BCUT2D eigenvalue weighted by Gasteiger charge is -2.05. The van der Waals surface area contributed by atoms with Gasteiger partial charge in [0.1, 0.15) is 0 Å². The van der Waals surface area contributed by atoms with Gasteiger partial charge in [0.05, 0.1) is 9.98 Å². The van der Waals surface area contributed by atoms with Crippen LogP contribution in [0.2, 0.25) is 0 Å². The number of aromatic nitrogens is 1. The monoisotopic (exact) mass is 311 g/mol. The summed E-state index contributed by atoms with van der Waals surface area (Å²) < 4.78 is 0.981. The number of hydrogen-bond acceptors (Lipinski definition) is 4. The largest absolute Gasteiger partial charge is 0.332 e. The van der Waals surface area contributed by atoms with Gasteiger partial charge in [-0.15, -0.1) is 0 Å². The summed E-state index contributed by atoms with van der Waals surface area (Å²) in [5, 5.41) is 6.71. The van der Waals surface area contributed by atoms with Crippen LogP contribution in [-0.2, 0) is 4.79 Å². The summed E-state index contributed by atoms with van der Waals surface area (Å²) >= 11 is 4.87. The summed E-state index contributed by atoms with van der Waals surface area (Å²) in [5.41, 5.74) is 1.71. The Labute approximate surface area is 111 Å². The predicted octanol–water partition coefficient (Wildman–Crippen LogP) is 3.61. The van der Waals surface area contributed by atoms with Crippen LogP contribution in [0.5, 0.6) is 0 Å². The number of nitrogens with zero attached hydrogens (tertiary/aromatic N) is 1. The van der Waals surface area contributed by atoms with Gasteiger partial charge in [-0.2, -0.15) is 0 Å². The molecule has 2 N–H and O–H groups in total. The average molecular weight is 312 g/mol. The molecule has 0 bridgehead atoms. The van der Waals surface area contributed by atoms with E-state index in [0.29, 0.717) is 0 Å². The summed E-state index contributed by atoms with van der Waals surface area (Å²) in [5.74, 6) is -0.0745. The maximum absolute atomic E-state index is 10.9. The summed E-state index contributed by atoms with van der Waals surface area (Å²) in [6.07, 6.45) is 1.75. The number of anilines is 3. The van der Waals surface area contributed by atoms with Gasteiger partial charge < -0.3 is 10.6 Å². The summed E-state index contributed by atoms with van der Waals surface area (Å²) in [6, 6.07) is 7.46. The Morgan fingerprint density at radius 3 is 2.47 bits per heavy atom. The van der Waals surface area contributed by atoms with Gasteiger partial charge in [-0.3, -0.25) is 4.79 Å². The van der Waals surface area contributed by atoms with Crippen LogP contribution in [0.4, 0.5) is 16.5 Å². The first kappa shape index (κ1) is 12.1. The van der Waals surface area contributed by atoms with Crippen molar-refractivity contribution in [1.29, 1.82) is 0 Å². The number of carbonyl (C=O) groups excluding carboxylic acids is 1. The Kier molecular flexibility index (Phi) is 3.75. The lowest BCUT2D eigenvalue weighted by atomic mass is 10.3. The molecule has 1 amide bonds. The Bertz CT molecular complexity index is 524. The highest BCUT2D eigenvalue weighted by atomic mass is 79.9. The second kappa shape index (κ2) is 5.29. The zero-order valence-corrected chi connectivity index (χ0v) is 11.4. The number of benzene rings is 1. The average Bonchev–Trinajstić information content (AvgIpc) is 2.66. The maximum Gasteiger partial charge on any atom is 0.221 e. The van der Waals surface area contributed by atoms with Crippen molar-refractivity contribution < 1.29 is 4.79 Å². The smallest absolute Gasteiger partial charge is 0.221 e. The molecule has 0 atom stereocenters. The molecule has 0 radical (unpaired) electrons. The van der Waals surface area contributed by atoms with E-state index < -0.39 is 0 Å². The fourth-order valence-electron chi connectivity index (χ4n) is 1.28. The number of amides is 1. The first-order chi connectivity index (χ1) is 8.13. The molecule has 0 aliphatic heterocycles. The molecule has 17 heavy (non-hydrogen) atoms. The highest BCUT2D eigenvalue weighted by Gasteiger charge is 2.00. The highest BCUT2D eigenvalue weighted by molar-refractivity contribution is 9.11. The second-order valence-corrected chi connectivity index (χ2v) is 5.76. The van der Waals surface area contributed by atoms with Crippen molar-refractivity contribution in [3.05, 3.63) is 34.2 Å². The first-order valence-corrected chi connectivity index (χ1v) is 6.50. The molecule has 0 aliphatic carbocycles. The van der Waals surface area contributed by atoms with Gasteiger partial charge in [0.25, 0.3) is 0 Å². The molecule has 0 unspecified atom stereocenters. The third kappa shape index (κ3) is 3.54. The lowest BCUT2D eigenvalue weighted by molar-refractivity contribution is -0.114. The molecule has 1 heterocycles. The lowest BCUT2D eigenvalue weighted by Crippen LogP contribution is -2.05. The van der Waals surface area contributed by atoms with Crippen LogP contribution < -0.4 is 10.6 Å². The molecular weight excluding hydrogens is 302 g/mol. The number of halogens is 1. The number of carbonyl (C=O) groups is 1. The van der Waals surface area contributed by atoms with E-state index in [9.17, 15) is 4.79 Å². The third-order valence-electron chi connectivity index (χ3n) is 1.93. The Balaban J connectivity index is 2.05. The van der Waals surface area contributed by atoms with Crippen LogP contribution in [0.3, 0.4) is 0 Å². The maximum atomic E-state index is 10.9. The first-order valence-electron chi connectivity index (χ1n) is 4.89. The fraction of sp³-hybridized carbons (Fsp3) is 0.0909. The third-order valence-corrected chi connectivity index (χ3v) is 3.33. The van der Waals surface area contributed by atoms with Gasteiger partial charge in [0.15, 0.2) is 5.13 Å². The molecule has 2 aromatic rings. The van der Waals surface area contributed by atoms with Crippen molar-refractivity contribution in [3.63, 3.8) is 0 Å². The number of thiazole rings is 1. The van der Waals surface area contributed by atoms with Gasteiger partial charge in [0, 0.05) is 18.3 Å². The van der Waals surface area contributed by atoms with Crippen molar-refractivity contribution in [2.24, 2.45) is 0 Å². The molecule has 1 aromatic heterocycles. The zero-order chi connectivity index (χ0) is 12.3. The van der Waals surface area contributed by atoms with Crippen molar-refractivity contribution in [1.82, 2.24) is 4.98 Å². The van der Waals surface area contributed by atoms with E-state index in [1.807, 2.05) is 24.3 Å². The van der Waals surface area contributed by atoms with E-state index >= 15 is 0 Å². The minimum atomic E-state index is -0.0745. The molecule has 0 fully saturated rings. The van der Waals surface area contributed by atoms with Gasteiger partial charge in [-0.05, 0) is 40.2 Å². The van der Waals surface area contributed by atoms with Crippen molar-refractivity contribution in [2.75, 3.05) is 10.6 Å². The quantitative estimate of drug-likeness (QED) is 0.910. The van der Waals surface area contributed by atoms with E-state index in [-0.39, 0.29) is 5.91 Å². The topological polar surface area (TPSA) is 54.0 Å². The molecule has 0 aliphatic rings. The molecule has 88 valence electrons. The van der Waals surface area contributed by atoms with Crippen LogP contribution in [0.25, 0.3) is 0 Å². The zero-order valence-electron chi connectivity index (χ0n) is 9.03. The van der Waals surface area contributed by atoms with Crippen LogP contribution in [0.1, 0.15) is 6.92 Å². The highest BCUT2D eigenvalue weighted by Crippen LogP contribution is 2.26. The molecular formula is C11H10BrN3OS. The van der Waals surface area contributed by atoms with Gasteiger partial charge >= 0.3 is 0 Å². The molecule has 4 nitrogen and oxygen atoms in total. The van der Waals surface area contributed by atoms with Crippen LogP contribution in [0.15, 0.2) is 34.2 Å². The van der Waals surface area contributed by atoms with Crippen molar-refractivity contribution >= 4 is 49.7 Å². The molecule has 1 aromatic carbocycles. The Morgan fingerprint density at radius 2 is 1.94 bits per heavy atom. The van der Waals surface area contributed by atoms with Crippen LogP contribution >= 0.6 is 27.3 Å². The minimum Gasteiger partial charge on any atom is -0.332 e. The summed E-state index contributed by atoms with van der Waals surface area (Å²) in [4.78, 5) is 15.0. The van der Waals surface area contributed by atoms with Gasteiger partial charge in [-0.25, -0.2) is 4.98 Å². The van der Waals surface area contributed by atoms with Crippen LogP contribution in [-0.4, -0.2) is 10.9 Å². The van der Waals surface area contributed by atoms with E-state index in [0.717, 1.165) is 20.3 Å². The van der Waals surface area contributed by atoms with E-state index in [2.05, 4.69) is 31.5 Å². The fourth-order valence-corrected chi connectivity index (χ4v) is 2.40. The second-order valence-electron chi connectivity index (χ2n) is 3.35. The van der Waals surface area contributed by atoms with E-state index in [1.165, 1.54) is 18.3 Å². The number of hydrogen-bond donors (Lipinski definition) is 2. The summed E-state index contributed by atoms with van der Waals surface area (Å²) in [6.45, 7) is 1.49. The Morgan fingerprint density at radius 1 is 1.29 bits per heavy atom. The summed E-state index contributed by atoms with van der Waals surface area (Å²) in [7, 11) is 0. The molecule has 0 saturated heterocycles. The molecule has 0 spiro atoms. The standard InChI is InChI=1S/C11H10BrN3OS/c1-7(16)14-8-2-4-9(5-3-8)15-11-13-6-10(12)17-11/h2-6H,1H3,(H,13,15)(H,14,16). The molecule has 0 saturated carbocycles. The van der Waals surface area contributed by atoms with E-state index in [1.54, 1.807) is 6.20 Å². The van der Waals surface area contributed by atoms with Crippen LogP contribution in [0, 0.1) is 0 Å². The normalized spacial score (nSPS) is 10.0. The minimum absolute atomic E-state index is 0.0745. The predicted molar refractivity (Wildman–Crippen MR) is 73.8 cm³/mol. The van der Waals surface area contributed by atoms with E-state index in [4.69, 9.17) is 0 Å². The van der Waals surface area contributed by atoms with Crippen molar-refractivity contribution in [2.45, 2.75) is 6.92 Å². The molecule has 6 heteroatoms. The van der Waals surface area contributed by atoms with Gasteiger partial charge in [0.2, 0.25) is 5.91 Å². The Hall–Kier alpha value is -1.40. The van der Waals surface area contributed by atoms with Gasteiger partial charge in [-0.1, -0.05) is 11.3 Å². The number of rotatable bonds is 3. The SMILES string of the molecule is CC(=O)Nc1ccc(Nc2ncc(Br)s2)cc1. The molecule has 2 rings (SSSR count). The van der Waals surface area contributed by atoms with Crippen molar-refractivity contribution in [3.8, 4) is 0 Å². The number of nitrogens with one attached hydrogen (secondary N) is 2.